The van der Waals surface area contributed by atoms with Crippen LogP contribution < -0.4 is 10.6 Å². The zero-order chi connectivity index (χ0) is 8.60. The van der Waals surface area contributed by atoms with Crippen molar-refractivity contribution in [3.63, 3.8) is 0 Å². The van der Waals surface area contributed by atoms with E-state index in [2.05, 4.69) is 17.6 Å². The second-order valence-electron chi connectivity index (χ2n) is 4.26. The number of β-amino-alcohol motifs (C(OH)–C–C–N with tert-alkyl or cyclic N) is 1. The minimum atomic E-state index is -0.450. The number of hydrogen-bond donors (Lipinski definition) is 3. The molecule has 0 aliphatic carbocycles. The summed E-state index contributed by atoms with van der Waals surface area (Å²) in [6, 6.07) is 0.899. The maximum atomic E-state index is 10.0. The van der Waals surface area contributed by atoms with E-state index in [0.717, 1.165) is 19.5 Å². The number of nitrogens with one attached hydrogen (secondary N) is 2. The summed E-state index contributed by atoms with van der Waals surface area (Å²) in [6.45, 7) is 3.72. The van der Waals surface area contributed by atoms with Crippen molar-refractivity contribution < 1.29 is 5.11 Å². The first-order chi connectivity index (χ1) is 5.71. The van der Waals surface area contributed by atoms with E-state index in [-0.39, 0.29) is 0 Å². The van der Waals surface area contributed by atoms with Gasteiger partial charge in [0.05, 0.1) is 0 Å². The molecule has 70 valence electrons. The summed E-state index contributed by atoms with van der Waals surface area (Å²) in [5, 5.41) is 16.6. The lowest BCUT2D eigenvalue weighted by atomic mass is 9.82. The molecular formula is C9H18N2O. The third-order valence-corrected chi connectivity index (χ3v) is 3.13. The van der Waals surface area contributed by atoms with Gasteiger partial charge in [-0.05, 0) is 19.8 Å². The molecule has 2 saturated heterocycles. The van der Waals surface area contributed by atoms with Gasteiger partial charge in [-0.1, -0.05) is 6.42 Å². The van der Waals surface area contributed by atoms with Crippen molar-refractivity contribution in [3.05, 3.63) is 0 Å². The van der Waals surface area contributed by atoms with Gasteiger partial charge < -0.3 is 15.7 Å². The molecule has 2 aliphatic rings. The largest absolute Gasteiger partial charge is 0.386 e. The lowest BCUT2D eigenvalue weighted by molar-refractivity contribution is -0.0536. The summed E-state index contributed by atoms with van der Waals surface area (Å²) in [4.78, 5) is 0. The molecule has 0 aromatic carbocycles. The van der Waals surface area contributed by atoms with Crippen LogP contribution >= 0.6 is 0 Å². The van der Waals surface area contributed by atoms with Crippen LogP contribution in [0.4, 0.5) is 0 Å². The van der Waals surface area contributed by atoms with Crippen LogP contribution in [0.15, 0.2) is 0 Å². The van der Waals surface area contributed by atoms with E-state index in [1.165, 1.54) is 12.8 Å². The van der Waals surface area contributed by atoms with Crippen LogP contribution in [0.25, 0.3) is 0 Å². The molecule has 0 spiro atoms. The highest BCUT2D eigenvalue weighted by molar-refractivity contribution is 5.03. The molecule has 0 radical (unpaired) electrons. The Bertz CT molecular complexity index is 168. The molecule has 0 saturated carbocycles. The summed E-state index contributed by atoms with van der Waals surface area (Å²) >= 11 is 0. The second-order valence-corrected chi connectivity index (χ2v) is 4.26. The van der Waals surface area contributed by atoms with Gasteiger partial charge in [0.1, 0.15) is 5.60 Å². The van der Waals surface area contributed by atoms with Crippen molar-refractivity contribution >= 4 is 0 Å². The molecule has 0 bridgehead atoms. The Hall–Kier alpha value is -0.120. The lowest BCUT2D eigenvalue weighted by Gasteiger charge is -2.47. The number of hydrogen-bond acceptors (Lipinski definition) is 3. The maximum absolute atomic E-state index is 10.0. The molecule has 3 heteroatoms. The molecule has 3 nitrogen and oxygen atoms in total. The predicted molar refractivity (Wildman–Crippen MR) is 48.1 cm³/mol. The Balaban J connectivity index is 1.94. The Morgan fingerprint density at radius 1 is 1.33 bits per heavy atom. The monoisotopic (exact) mass is 170 g/mol. The lowest BCUT2D eigenvalue weighted by Crippen LogP contribution is -2.70. The highest BCUT2D eigenvalue weighted by Gasteiger charge is 2.43. The van der Waals surface area contributed by atoms with Crippen LogP contribution in [0, 0.1) is 0 Å². The van der Waals surface area contributed by atoms with E-state index in [1.807, 2.05) is 0 Å². The summed E-state index contributed by atoms with van der Waals surface area (Å²) in [5.74, 6) is 0. The molecule has 0 unspecified atom stereocenters. The van der Waals surface area contributed by atoms with Crippen molar-refractivity contribution in [2.45, 2.75) is 43.9 Å². The topological polar surface area (TPSA) is 44.3 Å². The smallest absolute Gasteiger partial charge is 0.105 e. The van der Waals surface area contributed by atoms with Crippen LogP contribution in [0.1, 0.15) is 26.2 Å². The molecular weight excluding hydrogens is 152 g/mol. The van der Waals surface area contributed by atoms with E-state index in [1.54, 1.807) is 0 Å². The number of aliphatic hydroxyl groups is 1. The first kappa shape index (κ1) is 8.48. The summed E-state index contributed by atoms with van der Waals surface area (Å²) in [7, 11) is 0. The first-order valence-corrected chi connectivity index (χ1v) is 4.90. The summed E-state index contributed by atoms with van der Waals surface area (Å²) in [5.41, 5.74) is -0.450. The van der Waals surface area contributed by atoms with Crippen LogP contribution in [0.3, 0.4) is 0 Å². The summed E-state index contributed by atoms with van der Waals surface area (Å²) < 4.78 is 0. The van der Waals surface area contributed by atoms with Gasteiger partial charge in [0.25, 0.3) is 0 Å². The molecule has 2 aliphatic heterocycles. The third-order valence-electron chi connectivity index (χ3n) is 3.13. The quantitative estimate of drug-likeness (QED) is 0.513. The van der Waals surface area contributed by atoms with Gasteiger partial charge in [0.2, 0.25) is 0 Å². The fourth-order valence-electron chi connectivity index (χ4n) is 2.19. The van der Waals surface area contributed by atoms with Crippen LogP contribution in [-0.4, -0.2) is 35.9 Å². The van der Waals surface area contributed by atoms with Gasteiger partial charge in [-0.25, -0.2) is 0 Å². The van der Waals surface area contributed by atoms with Gasteiger partial charge in [-0.3, -0.25) is 0 Å². The van der Waals surface area contributed by atoms with Crippen molar-refractivity contribution in [1.82, 2.24) is 10.6 Å². The molecule has 0 amide bonds. The zero-order valence-electron chi connectivity index (χ0n) is 7.64. The minimum absolute atomic E-state index is 0.322. The average molecular weight is 170 g/mol. The van der Waals surface area contributed by atoms with E-state index >= 15 is 0 Å². The van der Waals surface area contributed by atoms with Gasteiger partial charge in [-0.2, -0.15) is 0 Å². The van der Waals surface area contributed by atoms with Crippen molar-refractivity contribution in [2.75, 3.05) is 13.1 Å². The molecule has 2 heterocycles. The minimum Gasteiger partial charge on any atom is -0.386 e. The van der Waals surface area contributed by atoms with E-state index < -0.39 is 5.60 Å². The maximum Gasteiger partial charge on any atom is 0.105 e. The highest BCUT2D eigenvalue weighted by Crippen LogP contribution is 2.24. The molecule has 2 atom stereocenters. The number of piperidine rings is 1. The number of rotatable bonds is 1. The Morgan fingerprint density at radius 2 is 2.08 bits per heavy atom. The third kappa shape index (κ3) is 1.37. The predicted octanol–water partition coefficient (Wildman–Crippen LogP) is -0.149. The van der Waals surface area contributed by atoms with Crippen molar-refractivity contribution in [3.8, 4) is 0 Å². The van der Waals surface area contributed by atoms with Crippen LogP contribution in [0.5, 0.6) is 0 Å². The van der Waals surface area contributed by atoms with Gasteiger partial charge in [0, 0.05) is 25.2 Å². The zero-order valence-corrected chi connectivity index (χ0v) is 7.64. The van der Waals surface area contributed by atoms with E-state index in [0.29, 0.717) is 12.1 Å². The SMILES string of the molecule is C[C@H]1CCC[C@@H](C2(O)CNC2)N1. The van der Waals surface area contributed by atoms with Crippen LogP contribution in [-0.2, 0) is 0 Å². The molecule has 0 aromatic rings. The molecule has 0 aromatic heterocycles. The van der Waals surface area contributed by atoms with Crippen molar-refractivity contribution in [1.29, 1.82) is 0 Å². The van der Waals surface area contributed by atoms with Crippen molar-refractivity contribution in [2.24, 2.45) is 0 Å². The van der Waals surface area contributed by atoms with E-state index in [4.69, 9.17) is 0 Å². The Kier molecular flexibility index (Phi) is 2.10. The second kappa shape index (κ2) is 2.98. The molecule has 2 fully saturated rings. The summed E-state index contributed by atoms with van der Waals surface area (Å²) in [6.07, 6.45) is 3.63. The normalized spacial score (nSPS) is 40.5. The van der Waals surface area contributed by atoms with Gasteiger partial charge in [0.15, 0.2) is 0 Å². The fraction of sp³-hybridized carbons (Fsp3) is 1.00. The van der Waals surface area contributed by atoms with Gasteiger partial charge >= 0.3 is 0 Å². The Morgan fingerprint density at radius 3 is 2.58 bits per heavy atom. The highest BCUT2D eigenvalue weighted by atomic mass is 16.3. The molecule has 3 N–H and O–H groups in total. The average Bonchev–Trinajstić information content (AvgIpc) is 2.00. The van der Waals surface area contributed by atoms with E-state index in [9.17, 15) is 5.11 Å². The standard InChI is InChI=1S/C9H18N2O/c1-7-3-2-4-8(11-7)9(12)5-10-6-9/h7-8,10-12H,2-6H2,1H3/t7-,8-/m0/s1. The fourth-order valence-corrected chi connectivity index (χ4v) is 2.19. The molecule has 12 heavy (non-hydrogen) atoms. The Labute approximate surface area is 73.5 Å². The van der Waals surface area contributed by atoms with Gasteiger partial charge in [-0.15, -0.1) is 0 Å². The van der Waals surface area contributed by atoms with Crippen LogP contribution in [0.2, 0.25) is 0 Å². The first-order valence-electron chi connectivity index (χ1n) is 4.90. The molecule has 2 rings (SSSR count).